The summed E-state index contributed by atoms with van der Waals surface area (Å²) in [6.07, 6.45) is 19.1. The summed E-state index contributed by atoms with van der Waals surface area (Å²) in [5.41, 5.74) is 1.16. The number of hydrogen-bond donors (Lipinski definition) is 0. The Hall–Kier alpha value is -1.49. The van der Waals surface area contributed by atoms with Gasteiger partial charge in [0.05, 0.1) is 15.5 Å². The van der Waals surface area contributed by atoms with Crippen molar-refractivity contribution in [2.45, 2.75) is 103 Å². The first-order chi connectivity index (χ1) is 13.9. The number of hydrogen-bond acceptors (Lipinski definition) is 3. The molecule has 0 saturated heterocycles. The Balaban J connectivity index is 1.53. The van der Waals surface area contributed by atoms with E-state index in [1.54, 1.807) is 0 Å². The van der Waals surface area contributed by atoms with Crippen LogP contribution in [0, 0.1) is 4.91 Å². The topological polar surface area (TPSA) is 46.7 Å². The molecule has 2 rings (SSSR count). The predicted molar refractivity (Wildman–Crippen MR) is 121 cm³/mol. The summed E-state index contributed by atoms with van der Waals surface area (Å²) in [5.74, 6) is 0. The van der Waals surface area contributed by atoms with Gasteiger partial charge in [-0.3, -0.25) is 0 Å². The zero-order chi connectivity index (χ0) is 19.9. The molecule has 4 nitrogen and oxygen atoms in total. The van der Waals surface area contributed by atoms with Crippen molar-refractivity contribution in [1.29, 1.82) is 0 Å². The molecule has 156 valence electrons. The van der Waals surface area contributed by atoms with Crippen LogP contribution >= 0.6 is 11.3 Å². The van der Waals surface area contributed by atoms with Crippen molar-refractivity contribution in [3.63, 3.8) is 0 Å². The number of thiazole rings is 1. The molecule has 0 aliphatic carbocycles. The maximum absolute atomic E-state index is 10.6. The van der Waals surface area contributed by atoms with Gasteiger partial charge in [-0.2, -0.15) is 0 Å². The molecule has 0 N–H and O–H groups in total. The molecular weight excluding hydrogens is 366 g/mol. The number of benzene rings is 1. The fourth-order valence-electron chi connectivity index (χ4n) is 3.81. The lowest BCUT2D eigenvalue weighted by atomic mass is 10.0. The minimum absolute atomic E-state index is 0.714. The summed E-state index contributed by atoms with van der Waals surface area (Å²) in [7, 11) is 0. The number of aryl methyl sites for hydroxylation is 1. The Morgan fingerprint density at radius 3 is 1.89 bits per heavy atom. The highest BCUT2D eigenvalue weighted by atomic mass is 32.1. The molecule has 28 heavy (non-hydrogen) atoms. The molecule has 1 heterocycles. The molecule has 0 atom stereocenters. The van der Waals surface area contributed by atoms with Crippen molar-refractivity contribution in [1.82, 2.24) is 4.57 Å². The fourth-order valence-corrected chi connectivity index (χ4v) is 4.81. The Kier molecular flexibility index (Phi) is 11.8. The summed E-state index contributed by atoms with van der Waals surface area (Å²) in [4.78, 5) is 11.3. The van der Waals surface area contributed by atoms with Gasteiger partial charge in [0, 0.05) is 6.54 Å². The molecule has 2 aromatic rings. The van der Waals surface area contributed by atoms with E-state index < -0.39 is 0 Å². The van der Waals surface area contributed by atoms with Crippen LogP contribution in [0.15, 0.2) is 34.7 Å². The number of para-hydroxylation sites is 1. The average molecular weight is 404 g/mol. The van der Waals surface area contributed by atoms with Gasteiger partial charge in [0.2, 0.25) is 4.80 Å². The van der Waals surface area contributed by atoms with Gasteiger partial charge >= 0.3 is 0 Å². The molecule has 0 fully saturated rings. The van der Waals surface area contributed by atoms with Crippen molar-refractivity contribution >= 4 is 21.6 Å². The second-order valence-electron chi connectivity index (χ2n) is 7.78. The lowest BCUT2D eigenvalue weighted by Crippen LogP contribution is -2.14. The lowest BCUT2D eigenvalue weighted by Gasteiger charge is -2.05. The Labute approximate surface area is 174 Å². The Morgan fingerprint density at radius 2 is 1.32 bits per heavy atom. The van der Waals surface area contributed by atoms with Crippen LogP contribution in [0.1, 0.15) is 96.8 Å². The van der Waals surface area contributed by atoms with E-state index in [1.807, 2.05) is 12.1 Å². The quantitative estimate of drug-likeness (QED) is 0.160. The fraction of sp³-hybridized carbons (Fsp3) is 0.696. The first-order valence-corrected chi connectivity index (χ1v) is 12.1. The zero-order valence-electron chi connectivity index (χ0n) is 17.6. The zero-order valence-corrected chi connectivity index (χ0v) is 18.4. The highest BCUT2D eigenvalue weighted by Gasteiger charge is 2.05. The van der Waals surface area contributed by atoms with E-state index in [0.29, 0.717) is 4.80 Å². The standard InChI is InChI=1S/C23H37N3OS/c1-2-3-4-5-6-7-8-9-10-11-12-13-14-17-20-26-21-18-15-16-19-22(21)28-23(26)24-25-27/h15-16,18-19H,2-14,17,20H2,1H3. The number of nitroso groups, excluding NO2 is 1. The number of unbranched alkanes of at least 4 members (excludes halogenated alkanes) is 13. The largest absolute Gasteiger partial charge is 0.315 e. The van der Waals surface area contributed by atoms with E-state index in [0.717, 1.165) is 23.2 Å². The van der Waals surface area contributed by atoms with E-state index in [9.17, 15) is 4.91 Å². The van der Waals surface area contributed by atoms with Gasteiger partial charge in [-0.1, -0.05) is 119 Å². The summed E-state index contributed by atoms with van der Waals surface area (Å²) < 4.78 is 3.30. The minimum atomic E-state index is 0.714. The van der Waals surface area contributed by atoms with Crippen LogP contribution in [0.4, 0.5) is 0 Å². The normalized spacial score (nSPS) is 12.1. The summed E-state index contributed by atoms with van der Waals surface area (Å²) in [5, 5.41) is 6.52. The molecule has 1 aromatic carbocycles. The van der Waals surface area contributed by atoms with Crippen LogP contribution in [0.5, 0.6) is 0 Å². The summed E-state index contributed by atoms with van der Waals surface area (Å²) in [6.45, 7) is 3.19. The number of rotatable bonds is 16. The van der Waals surface area contributed by atoms with Crippen LogP contribution in [0.2, 0.25) is 0 Å². The molecule has 0 amide bonds. The first kappa shape index (κ1) is 22.8. The second-order valence-corrected chi connectivity index (χ2v) is 8.79. The van der Waals surface area contributed by atoms with Crippen LogP contribution in [-0.4, -0.2) is 4.57 Å². The Bertz CT molecular complexity index is 735. The highest BCUT2D eigenvalue weighted by molar-refractivity contribution is 7.16. The maximum Gasteiger partial charge on any atom is 0.215 e. The van der Waals surface area contributed by atoms with Gasteiger partial charge in [0.25, 0.3) is 0 Å². The van der Waals surface area contributed by atoms with Crippen molar-refractivity contribution in [2.75, 3.05) is 0 Å². The van der Waals surface area contributed by atoms with E-state index in [4.69, 9.17) is 0 Å². The third kappa shape index (κ3) is 8.26. The van der Waals surface area contributed by atoms with E-state index >= 15 is 0 Å². The number of fused-ring (bicyclic) bond motifs is 1. The Morgan fingerprint density at radius 1 is 0.786 bits per heavy atom. The molecule has 0 aliphatic heterocycles. The molecule has 0 aliphatic rings. The van der Waals surface area contributed by atoms with Gasteiger partial charge in [-0.15, -0.1) is 4.91 Å². The van der Waals surface area contributed by atoms with E-state index in [2.05, 4.69) is 34.0 Å². The molecule has 0 spiro atoms. The summed E-state index contributed by atoms with van der Waals surface area (Å²) in [6, 6.07) is 8.23. The molecule has 5 heteroatoms. The molecule has 0 saturated carbocycles. The van der Waals surface area contributed by atoms with Gasteiger partial charge in [-0.25, -0.2) is 0 Å². The van der Waals surface area contributed by atoms with E-state index in [-0.39, 0.29) is 0 Å². The van der Waals surface area contributed by atoms with Crippen LogP contribution < -0.4 is 4.80 Å². The number of aromatic nitrogens is 1. The second kappa shape index (κ2) is 14.5. The minimum Gasteiger partial charge on any atom is -0.315 e. The van der Waals surface area contributed by atoms with Crippen molar-refractivity contribution < 1.29 is 0 Å². The van der Waals surface area contributed by atoms with Gasteiger partial charge in [-0.05, 0) is 18.6 Å². The average Bonchev–Trinajstić information content (AvgIpc) is 3.06. The van der Waals surface area contributed by atoms with Crippen LogP contribution in [0.3, 0.4) is 0 Å². The third-order valence-corrected chi connectivity index (χ3v) is 6.50. The van der Waals surface area contributed by atoms with Crippen LogP contribution in [0.25, 0.3) is 10.2 Å². The van der Waals surface area contributed by atoms with Gasteiger partial charge < -0.3 is 4.57 Å². The molecular formula is C23H37N3OS. The van der Waals surface area contributed by atoms with Crippen molar-refractivity contribution in [2.24, 2.45) is 10.4 Å². The van der Waals surface area contributed by atoms with E-state index in [1.165, 1.54) is 94.8 Å². The molecule has 0 bridgehead atoms. The number of nitrogens with zero attached hydrogens (tertiary/aromatic N) is 3. The van der Waals surface area contributed by atoms with Crippen LogP contribution in [-0.2, 0) is 6.54 Å². The lowest BCUT2D eigenvalue weighted by molar-refractivity contribution is 0.524. The summed E-state index contributed by atoms with van der Waals surface area (Å²) >= 11 is 1.54. The molecule has 0 radical (unpaired) electrons. The highest BCUT2D eigenvalue weighted by Crippen LogP contribution is 2.18. The van der Waals surface area contributed by atoms with Crippen molar-refractivity contribution in [3.05, 3.63) is 34.0 Å². The predicted octanol–water partition coefficient (Wildman–Crippen LogP) is 7.77. The smallest absolute Gasteiger partial charge is 0.215 e. The van der Waals surface area contributed by atoms with Crippen molar-refractivity contribution in [3.8, 4) is 0 Å². The van der Waals surface area contributed by atoms with Gasteiger partial charge in [0.1, 0.15) is 0 Å². The third-order valence-electron chi connectivity index (χ3n) is 5.45. The molecule has 1 aromatic heterocycles. The monoisotopic (exact) mass is 403 g/mol. The maximum atomic E-state index is 10.6. The SMILES string of the molecule is CCCCCCCCCCCCCCCCn1c(=NN=O)sc2ccccc21. The molecule has 0 unspecified atom stereocenters. The first-order valence-electron chi connectivity index (χ1n) is 11.3. The van der Waals surface area contributed by atoms with Gasteiger partial charge in [0.15, 0.2) is 0 Å².